The number of anilines is 1. The number of para-hydroxylation sites is 2. The normalized spacial score (nSPS) is 13.9. The number of aliphatic hydroxyl groups is 1. The molecule has 140 valence electrons. The Balaban J connectivity index is 1.73. The van der Waals surface area contributed by atoms with E-state index in [1.807, 2.05) is 0 Å². The Hall–Kier alpha value is -3.78. The SMILES string of the molecule is O=C1C=C(Nc2ccccc2-c2nc3ccccc3c(=O)o2)C(=O)N1CCO. The number of carbonyl (C=O) groups excluding carboxylic acids is 2. The summed E-state index contributed by atoms with van der Waals surface area (Å²) in [7, 11) is 0. The molecule has 2 amide bonds. The number of hydrogen-bond acceptors (Lipinski definition) is 7. The first-order chi connectivity index (χ1) is 13.6. The van der Waals surface area contributed by atoms with Gasteiger partial charge in [-0.25, -0.2) is 9.78 Å². The van der Waals surface area contributed by atoms with Crippen LogP contribution < -0.4 is 10.9 Å². The Kier molecular flexibility index (Phi) is 4.46. The minimum atomic E-state index is -0.540. The summed E-state index contributed by atoms with van der Waals surface area (Å²) in [5.74, 6) is -0.951. The van der Waals surface area contributed by atoms with Gasteiger partial charge in [0.05, 0.1) is 35.3 Å². The van der Waals surface area contributed by atoms with E-state index < -0.39 is 17.4 Å². The van der Waals surface area contributed by atoms with Crippen molar-refractivity contribution in [2.75, 3.05) is 18.5 Å². The largest absolute Gasteiger partial charge is 0.403 e. The smallest absolute Gasteiger partial charge is 0.347 e. The molecule has 8 heteroatoms. The molecule has 8 nitrogen and oxygen atoms in total. The predicted molar refractivity (Wildman–Crippen MR) is 101 cm³/mol. The molecule has 0 spiro atoms. The highest BCUT2D eigenvalue weighted by Crippen LogP contribution is 2.28. The van der Waals surface area contributed by atoms with Crippen molar-refractivity contribution in [3.8, 4) is 11.5 Å². The van der Waals surface area contributed by atoms with E-state index in [4.69, 9.17) is 9.52 Å². The maximum absolute atomic E-state index is 12.4. The molecule has 1 aliphatic heterocycles. The summed E-state index contributed by atoms with van der Waals surface area (Å²) in [6.45, 7) is -0.399. The highest BCUT2D eigenvalue weighted by Gasteiger charge is 2.31. The van der Waals surface area contributed by atoms with E-state index in [2.05, 4.69) is 10.3 Å². The number of nitrogens with one attached hydrogen (secondary N) is 1. The number of imide groups is 1. The van der Waals surface area contributed by atoms with Crippen molar-refractivity contribution in [3.63, 3.8) is 0 Å². The first kappa shape index (κ1) is 17.6. The van der Waals surface area contributed by atoms with Gasteiger partial charge in [0.2, 0.25) is 5.89 Å². The molecule has 2 heterocycles. The number of carbonyl (C=O) groups is 2. The summed E-state index contributed by atoms with van der Waals surface area (Å²) in [4.78, 5) is 41.9. The zero-order chi connectivity index (χ0) is 19.7. The molecule has 2 N–H and O–H groups in total. The average molecular weight is 377 g/mol. The fourth-order valence-electron chi connectivity index (χ4n) is 2.97. The molecule has 4 rings (SSSR count). The van der Waals surface area contributed by atoms with Crippen molar-refractivity contribution in [2.45, 2.75) is 0 Å². The number of fused-ring (bicyclic) bond motifs is 1. The second-order valence-corrected chi connectivity index (χ2v) is 6.07. The zero-order valence-corrected chi connectivity index (χ0v) is 14.6. The molecular formula is C20H15N3O5. The van der Waals surface area contributed by atoms with Crippen molar-refractivity contribution in [1.29, 1.82) is 0 Å². The first-order valence-corrected chi connectivity index (χ1v) is 8.53. The second kappa shape index (κ2) is 7.09. The van der Waals surface area contributed by atoms with Gasteiger partial charge in [0, 0.05) is 6.08 Å². The van der Waals surface area contributed by atoms with Gasteiger partial charge < -0.3 is 14.8 Å². The van der Waals surface area contributed by atoms with E-state index in [1.54, 1.807) is 48.5 Å². The zero-order valence-electron chi connectivity index (χ0n) is 14.6. The van der Waals surface area contributed by atoms with Crippen molar-refractivity contribution in [2.24, 2.45) is 0 Å². The number of benzene rings is 2. The molecule has 2 aromatic carbocycles. The predicted octanol–water partition coefficient (Wildman–Crippen LogP) is 1.51. The molecular weight excluding hydrogens is 362 g/mol. The lowest BCUT2D eigenvalue weighted by atomic mass is 10.1. The van der Waals surface area contributed by atoms with Gasteiger partial charge in [0.1, 0.15) is 5.70 Å². The Morgan fingerprint density at radius 3 is 2.61 bits per heavy atom. The summed E-state index contributed by atoms with van der Waals surface area (Å²) in [6.07, 6.45) is 1.17. The molecule has 1 aromatic heterocycles. The number of hydrogen-bond donors (Lipinski definition) is 2. The molecule has 0 atom stereocenters. The minimum Gasteiger partial charge on any atom is -0.403 e. The quantitative estimate of drug-likeness (QED) is 0.648. The minimum absolute atomic E-state index is 0.0639. The van der Waals surface area contributed by atoms with Crippen LogP contribution in [0, 0.1) is 0 Å². The van der Waals surface area contributed by atoms with Crippen LogP contribution in [-0.2, 0) is 9.59 Å². The van der Waals surface area contributed by atoms with Crippen LogP contribution in [0.25, 0.3) is 22.4 Å². The standard InChI is InChI=1S/C20H15N3O5/c24-10-9-23-17(25)11-16(19(23)26)21-14-7-3-1-5-12(14)18-22-15-8-4-2-6-13(15)20(27)28-18/h1-8,11,21,24H,9-10H2. The van der Waals surface area contributed by atoms with Gasteiger partial charge in [-0.3, -0.25) is 14.5 Å². The third-order valence-electron chi connectivity index (χ3n) is 4.30. The van der Waals surface area contributed by atoms with Crippen LogP contribution in [0.5, 0.6) is 0 Å². The van der Waals surface area contributed by atoms with Gasteiger partial charge in [0.15, 0.2) is 0 Å². The Morgan fingerprint density at radius 1 is 1.04 bits per heavy atom. The van der Waals surface area contributed by atoms with Crippen LogP contribution in [0.4, 0.5) is 5.69 Å². The summed E-state index contributed by atoms with van der Waals surface area (Å²) in [6, 6.07) is 13.7. The molecule has 0 unspecified atom stereocenters. The molecule has 3 aromatic rings. The first-order valence-electron chi connectivity index (χ1n) is 8.53. The number of rotatable bonds is 5. The fourth-order valence-corrected chi connectivity index (χ4v) is 2.97. The fraction of sp³-hybridized carbons (Fsp3) is 0.100. The molecule has 0 fully saturated rings. The van der Waals surface area contributed by atoms with E-state index in [1.165, 1.54) is 6.08 Å². The van der Waals surface area contributed by atoms with Crippen LogP contribution in [0.2, 0.25) is 0 Å². The number of aliphatic hydroxyl groups excluding tert-OH is 1. The summed E-state index contributed by atoms with van der Waals surface area (Å²) >= 11 is 0. The van der Waals surface area contributed by atoms with Gasteiger partial charge in [-0.05, 0) is 24.3 Å². The summed E-state index contributed by atoms with van der Waals surface area (Å²) in [5, 5.41) is 12.3. The maximum Gasteiger partial charge on any atom is 0.347 e. The van der Waals surface area contributed by atoms with Crippen LogP contribution in [-0.4, -0.2) is 40.0 Å². The van der Waals surface area contributed by atoms with E-state index in [0.29, 0.717) is 22.2 Å². The lowest BCUT2D eigenvalue weighted by Crippen LogP contribution is -2.34. The van der Waals surface area contributed by atoms with Gasteiger partial charge in [-0.2, -0.15) is 0 Å². The number of amides is 2. The maximum atomic E-state index is 12.4. The number of nitrogens with zero attached hydrogens (tertiary/aromatic N) is 2. The van der Waals surface area contributed by atoms with Gasteiger partial charge in [-0.1, -0.05) is 24.3 Å². The third-order valence-corrected chi connectivity index (χ3v) is 4.30. The van der Waals surface area contributed by atoms with E-state index in [0.717, 1.165) is 4.90 Å². The van der Waals surface area contributed by atoms with E-state index in [-0.39, 0.29) is 24.7 Å². The van der Waals surface area contributed by atoms with Crippen LogP contribution in [0.3, 0.4) is 0 Å². The average Bonchev–Trinajstić information content (AvgIpc) is 2.96. The second-order valence-electron chi connectivity index (χ2n) is 6.07. The Bertz CT molecular complexity index is 1180. The highest BCUT2D eigenvalue weighted by molar-refractivity contribution is 6.17. The monoisotopic (exact) mass is 377 g/mol. The lowest BCUT2D eigenvalue weighted by Gasteiger charge is -2.14. The molecule has 0 bridgehead atoms. The van der Waals surface area contributed by atoms with Crippen LogP contribution in [0.1, 0.15) is 0 Å². The number of β-amino-alcohol motifs (C(OH)–C–C–N with tert-alkyl or cyclic N) is 1. The van der Waals surface area contributed by atoms with Crippen LogP contribution >= 0.6 is 0 Å². The van der Waals surface area contributed by atoms with Gasteiger partial charge >= 0.3 is 5.63 Å². The molecule has 1 aliphatic rings. The van der Waals surface area contributed by atoms with Crippen molar-refractivity contribution >= 4 is 28.4 Å². The molecule has 0 aliphatic carbocycles. The van der Waals surface area contributed by atoms with Gasteiger partial charge in [-0.15, -0.1) is 0 Å². The number of aromatic nitrogens is 1. The van der Waals surface area contributed by atoms with Crippen molar-refractivity contribution in [1.82, 2.24) is 9.88 Å². The third kappa shape index (κ3) is 3.06. The summed E-state index contributed by atoms with van der Waals surface area (Å²) < 4.78 is 5.37. The topological polar surface area (TPSA) is 113 Å². The van der Waals surface area contributed by atoms with Crippen molar-refractivity contribution in [3.05, 3.63) is 70.7 Å². The lowest BCUT2D eigenvalue weighted by molar-refractivity contribution is -0.137. The summed E-state index contributed by atoms with van der Waals surface area (Å²) in [5.41, 5.74) is 0.952. The highest BCUT2D eigenvalue weighted by atomic mass is 16.4. The van der Waals surface area contributed by atoms with Gasteiger partial charge in [0.25, 0.3) is 11.8 Å². The van der Waals surface area contributed by atoms with Crippen LogP contribution in [0.15, 0.2) is 69.5 Å². The van der Waals surface area contributed by atoms with E-state index >= 15 is 0 Å². The Morgan fingerprint density at radius 2 is 1.79 bits per heavy atom. The molecule has 28 heavy (non-hydrogen) atoms. The van der Waals surface area contributed by atoms with E-state index in [9.17, 15) is 14.4 Å². The van der Waals surface area contributed by atoms with Crippen molar-refractivity contribution < 1.29 is 19.1 Å². The Labute approximate surface area is 158 Å². The molecule has 0 radical (unpaired) electrons. The molecule has 0 saturated heterocycles. The molecule has 0 saturated carbocycles.